The third-order valence-electron chi connectivity index (χ3n) is 4.10. The lowest BCUT2D eigenvalue weighted by atomic mass is 9.76. The lowest BCUT2D eigenvalue weighted by Crippen LogP contribution is -2.26. The van der Waals surface area contributed by atoms with Crippen molar-refractivity contribution in [3.63, 3.8) is 0 Å². The predicted octanol–water partition coefficient (Wildman–Crippen LogP) is 3.48. The summed E-state index contributed by atoms with van der Waals surface area (Å²) in [6, 6.07) is 8.17. The Morgan fingerprint density at radius 2 is 1.95 bits per heavy atom. The highest BCUT2D eigenvalue weighted by Crippen LogP contribution is 2.36. The Labute approximate surface area is 122 Å². The van der Waals surface area contributed by atoms with Gasteiger partial charge < -0.3 is 10.5 Å². The lowest BCUT2D eigenvalue weighted by molar-refractivity contribution is -0.00565. The third kappa shape index (κ3) is 4.37. The maximum absolute atomic E-state index is 6.08. The first-order valence-corrected chi connectivity index (χ1v) is 7.49. The third-order valence-corrected chi connectivity index (χ3v) is 4.10. The first-order valence-electron chi connectivity index (χ1n) is 7.49. The van der Waals surface area contributed by atoms with E-state index in [2.05, 4.69) is 31.8 Å². The van der Waals surface area contributed by atoms with Gasteiger partial charge in [-0.15, -0.1) is 0 Å². The van der Waals surface area contributed by atoms with Crippen molar-refractivity contribution in [2.75, 3.05) is 6.54 Å². The van der Waals surface area contributed by atoms with Crippen LogP contribution in [0.15, 0.2) is 24.3 Å². The molecule has 0 aliphatic heterocycles. The van der Waals surface area contributed by atoms with Crippen molar-refractivity contribution in [2.45, 2.75) is 52.2 Å². The van der Waals surface area contributed by atoms with Crippen molar-refractivity contribution in [3.05, 3.63) is 35.4 Å². The Morgan fingerprint density at radius 3 is 2.65 bits per heavy atom. The minimum absolute atomic E-state index is 0.396. The van der Waals surface area contributed by atoms with Crippen LogP contribution in [-0.2, 0) is 11.3 Å². The van der Waals surface area contributed by atoms with Crippen molar-refractivity contribution in [2.24, 2.45) is 11.1 Å². The largest absolute Gasteiger partial charge is 0.373 e. The fourth-order valence-corrected chi connectivity index (χ4v) is 2.66. The predicted molar refractivity (Wildman–Crippen MR) is 83.2 cm³/mol. The van der Waals surface area contributed by atoms with Gasteiger partial charge in [0.15, 0.2) is 0 Å². The number of rotatable bonds is 3. The van der Waals surface area contributed by atoms with E-state index in [1.807, 2.05) is 18.2 Å². The van der Waals surface area contributed by atoms with Crippen LogP contribution < -0.4 is 5.73 Å². The second-order valence-electron chi connectivity index (χ2n) is 6.34. The van der Waals surface area contributed by atoms with Crippen LogP contribution in [0.5, 0.6) is 0 Å². The van der Waals surface area contributed by atoms with Crippen molar-refractivity contribution in [1.29, 1.82) is 0 Å². The quantitative estimate of drug-likeness (QED) is 0.854. The molecule has 108 valence electrons. The molecule has 0 radical (unpaired) electrons. The molecular weight excluding hydrogens is 246 g/mol. The van der Waals surface area contributed by atoms with Crippen molar-refractivity contribution in [3.8, 4) is 11.8 Å². The van der Waals surface area contributed by atoms with E-state index < -0.39 is 0 Å². The van der Waals surface area contributed by atoms with Crippen molar-refractivity contribution < 1.29 is 4.74 Å². The molecule has 1 aliphatic carbocycles. The second-order valence-corrected chi connectivity index (χ2v) is 6.34. The smallest absolute Gasteiger partial charge is 0.0732 e. The summed E-state index contributed by atoms with van der Waals surface area (Å²) in [7, 11) is 0. The zero-order valence-corrected chi connectivity index (χ0v) is 12.6. The maximum atomic E-state index is 6.08. The van der Waals surface area contributed by atoms with Crippen LogP contribution >= 0.6 is 0 Å². The van der Waals surface area contributed by atoms with E-state index in [0.29, 0.717) is 24.7 Å². The van der Waals surface area contributed by atoms with Crippen LogP contribution in [0.3, 0.4) is 0 Å². The van der Waals surface area contributed by atoms with E-state index in [4.69, 9.17) is 10.5 Å². The molecule has 1 aromatic rings. The van der Waals surface area contributed by atoms with Gasteiger partial charge in [0.1, 0.15) is 0 Å². The summed E-state index contributed by atoms with van der Waals surface area (Å²) in [6.07, 6.45) is 5.25. The van der Waals surface area contributed by atoms with Gasteiger partial charge in [0.25, 0.3) is 0 Å². The van der Waals surface area contributed by atoms with Gasteiger partial charge in [-0.25, -0.2) is 0 Å². The molecule has 2 heteroatoms. The summed E-state index contributed by atoms with van der Waals surface area (Å²) in [5.41, 5.74) is 8.13. The monoisotopic (exact) mass is 271 g/mol. The van der Waals surface area contributed by atoms with Crippen LogP contribution in [0.1, 0.15) is 50.7 Å². The van der Waals surface area contributed by atoms with Crippen LogP contribution in [0.25, 0.3) is 0 Å². The van der Waals surface area contributed by atoms with E-state index in [1.165, 1.54) is 31.2 Å². The molecule has 0 atom stereocenters. The molecule has 1 aromatic carbocycles. The molecule has 0 aromatic heterocycles. The van der Waals surface area contributed by atoms with Gasteiger partial charge in [0, 0.05) is 5.56 Å². The Balaban J connectivity index is 1.91. The summed E-state index contributed by atoms with van der Waals surface area (Å²) >= 11 is 0. The summed E-state index contributed by atoms with van der Waals surface area (Å²) < 4.78 is 6.08. The maximum Gasteiger partial charge on any atom is 0.0732 e. The summed E-state index contributed by atoms with van der Waals surface area (Å²) in [5.74, 6) is 6.03. The molecule has 2 N–H and O–H groups in total. The minimum Gasteiger partial charge on any atom is -0.373 e. The van der Waals surface area contributed by atoms with Crippen LogP contribution in [-0.4, -0.2) is 12.6 Å². The number of nitrogens with two attached hydrogens (primary N) is 1. The minimum atomic E-state index is 0.396. The highest BCUT2D eigenvalue weighted by molar-refractivity contribution is 5.41. The highest BCUT2D eigenvalue weighted by atomic mass is 16.5. The number of hydrogen-bond donors (Lipinski definition) is 1. The first kappa shape index (κ1) is 15.1. The molecule has 0 saturated heterocycles. The van der Waals surface area contributed by atoms with Gasteiger partial charge in [0.2, 0.25) is 0 Å². The molecule has 0 amide bonds. The van der Waals surface area contributed by atoms with E-state index >= 15 is 0 Å². The van der Waals surface area contributed by atoms with Gasteiger partial charge in [0.05, 0.1) is 19.3 Å². The van der Waals surface area contributed by atoms with Gasteiger partial charge in [-0.1, -0.05) is 43.9 Å². The second kappa shape index (κ2) is 6.92. The van der Waals surface area contributed by atoms with Gasteiger partial charge in [-0.2, -0.15) is 0 Å². The van der Waals surface area contributed by atoms with Crippen LogP contribution in [0.4, 0.5) is 0 Å². The van der Waals surface area contributed by atoms with Gasteiger partial charge in [-0.3, -0.25) is 0 Å². The molecule has 1 fully saturated rings. The fraction of sp³-hybridized carbons (Fsp3) is 0.556. The molecule has 0 unspecified atom stereocenters. The Bertz CT molecular complexity index is 486. The zero-order chi connectivity index (χ0) is 14.4. The molecule has 20 heavy (non-hydrogen) atoms. The molecule has 1 aliphatic rings. The molecule has 2 nitrogen and oxygen atoms in total. The first-order chi connectivity index (χ1) is 9.61. The fourth-order valence-electron chi connectivity index (χ4n) is 2.66. The Hall–Kier alpha value is -1.30. The highest BCUT2D eigenvalue weighted by Gasteiger charge is 2.27. The van der Waals surface area contributed by atoms with Gasteiger partial charge in [-0.05, 0) is 42.7 Å². The topological polar surface area (TPSA) is 35.2 Å². The SMILES string of the molecule is CC1(C)CCC(OCc2ccccc2C#CCN)CC1. The standard InChI is InChI=1S/C18H25NO/c1-18(2)11-9-17(10-12-18)20-14-16-7-4-3-6-15(16)8-5-13-19/h3-4,6-7,17H,9-14,19H2,1-2H3. The number of hydrogen-bond acceptors (Lipinski definition) is 2. The molecule has 1 saturated carbocycles. The van der Waals surface area contributed by atoms with Crippen LogP contribution in [0, 0.1) is 17.3 Å². The Kier molecular flexibility index (Phi) is 5.23. The number of benzene rings is 1. The van der Waals surface area contributed by atoms with Crippen molar-refractivity contribution in [1.82, 2.24) is 0 Å². The van der Waals surface area contributed by atoms with E-state index in [9.17, 15) is 0 Å². The summed E-state index contributed by atoms with van der Waals surface area (Å²) in [6.45, 7) is 5.75. The van der Waals surface area contributed by atoms with E-state index in [1.54, 1.807) is 0 Å². The normalized spacial score (nSPS) is 18.4. The zero-order valence-electron chi connectivity index (χ0n) is 12.6. The summed E-state index contributed by atoms with van der Waals surface area (Å²) in [4.78, 5) is 0. The average Bonchev–Trinajstić information content (AvgIpc) is 2.45. The lowest BCUT2D eigenvalue weighted by Gasteiger charge is -2.34. The van der Waals surface area contributed by atoms with E-state index in [0.717, 1.165) is 5.56 Å². The molecule has 2 rings (SSSR count). The summed E-state index contributed by atoms with van der Waals surface area (Å²) in [5, 5.41) is 0. The average molecular weight is 271 g/mol. The molecule has 0 bridgehead atoms. The molecule has 0 spiro atoms. The molecule has 0 heterocycles. The number of ether oxygens (including phenoxy) is 1. The van der Waals surface area contributed by atoms with Crippen molar-refractivity contribution >= 4 is 0 Å². The van der Waals surface area contributed by atoms with E-state index in [-0.39, 0.29) is 0 Å². The van der Waals surface area contributed by atoms with Gasteiger partial charge >= 0.3 is 0 Å². The Morgan fingerprint density at radius 1 is 1.25 bits per heavy atom. The van der Waals surface area contributed by atoms with Crippen LogP contribution in [0.2, 0.25) is 0 Å². The molecular formula is C18H25NO.